The summed E-state index contributed by atoms with van der Waals surface area (Å²) in [5.41, 5.74) is 0. The number of amides is 1. The van der Waals surface area contributed by atoms with Crippen molar-refractivity contribution in [3.8, 4) is 5.75 Å². The molecule has 1 aromatic rings. The summed E-state index contributed by atoms with van der Waals surface area (Å²) in [6.07, 6.45) is 1.00. The summed E-state index contributed by atoms with van der Waals surface area (Å²) < 4.78 is 5.55. The van der Waals surface area contributed by atoms with E-state index in [1.807, 2.05) is 35.2 Å². The monoisotopic (exact) mass is 276 g/mol. The number of hydrogen-bond acceptors (Lipinski definition) is 3. The van der Waals surface area contributed by atoms with Crippen LogP contribution in [0.3, 0.4) is 0 Å². The largest absolute Gasteiger partial charge is 0.484 e. The van der Waals surface area contributed by atoms with Gasteiger partial charge in [0.15, 0.2) is 6.61 Å². The van der Waals surface area contributed by atoms with Gasteiger partial charge in [-0.3, -0.25) is 4.79 Å². The van der Waals surface area contributed by atoms with Crippen molar-refractivity contribution in [2.45, 2.75) is 26.3 Å². The number of nitrogens with one attached hydrogen (secondary N) is 1. The van der Waals surface area contributed by atoms with E-state index in [1.165, 1.54) is 0 Å². The summed E-state index contributed by atoms with van der Waals surface area (Å²) in [6, 6.07) is 9.86. The Morgan fingerprint density at radius 1 is 1.40 bits per heavy atom. The molecule has 110 valence electrons. The van der Waals surface area contributed by atoms with Gasteiger partial charge < -0.3 is 15.0 Å². The highest BCUT2D eigenvalue weighted by Gasteiger charge is 2.23. The summed E-state index contributed by atoms with van der Waals surface area (Å²) >= 11 is 0. The maximum Gasteiger partial charge on any atom is 0.260 e. The predicted octanol–water partition coefficient (Wildman–Crippen LogP) is 1.91. The molecule has 1 fully saturated rings. The highest BCUT2D eigenvalue weighted by atomic mass is 16.5. The zero-order valence-electron chi connectivity index (χ0n) is 12.3. The molecular weight excluding hydrogens is 252 g/mol. The topological polar surface area (TPSA) is 41.6 Å². The Labute approximate surface area is 121 Å². The standard InChI is InChI=1S/C16H24N2O2/c1-13(2)15-11-18(10-6-9-17-15)16(19)12-20-14-7-4-3-5-8-14/h3-5,7-8,13,15,17H,6,9-12H2,1-2H3. The SMILES string of the molecule is CC(C)C1CN(C(=O)COc2ccccc2)CCCN1. The van der Waals surface area contributed by atoms with Crippen LogP contribution >= 0.6 is 0 Å². The molecule has 1 saturated heterocycles. The molecule has 0 aromatic heterocycles. The number of ether oxygens (including phenoxy) is 1. The fourth-order valence-electron chi connectivity index (χ4n) is 2.38. The molecule has 1 atom stereocenters. The van der Waals surface area contributed by atoms with Crippen LogP contribution in [0, 0.1) is 5.92 Å². The Morgan fingerprint density at radius 3 is 2.85 bits per heavy atom. The van der Waals surface area contributed by atoms with E-state index in [0.29, 0.717) is 12.0 Å². The van der Waals surface area contributed by atoms with Crippen molar-refractivity contribution in [2.75, 3.05) is 26.2 Å². The summed E-state index contributed by atoms with van der Waals surface area (Å²) in [4.78, 5) is 14.2. The van der Waals surface area contributed by atoms with Crippen molar-refractivity contribution in [3.05, 3.63) is 30.3 Å². The van der Waals surface area contributed by atoms with Gasteiger partial charge in [-0.1, -0.05) is 32.0 Å². The Morgan fingerprint density at radius 2 is 2.15 bits per heavy atom. The normalized spacial score (nSPS) is 19.8. The molecule has 4 nitrogen and oxygen atoms in total. The summed E-state index contributed by atoms with van der Waals surface area (Å²) in [5, 5.41) is 3.50. The van der Waals surface area contributed by atoms with Gasteiger partial charge in [0.05, 0.1) is 0 Å². The number of carbonyl (C=O) groups is 1. The van der Waals surface area contributed by atoms with Crippen molar-refractivity contribution >= 4 is 5.91 Å². The molecule has 1 aliphatic rings. The van der Waals surface area contributed by atoms with Gasteiger partial charge >= 0.3 is 0 Å². The number of rotatable bonds is 4. The number of benzene rings is 1. The van der Waals surface area contributed by atoms with Crippen LogP contribution < -0.4 is 10.1 Å². The summed E-state index contributed by atoms with van der Waals surface area (Å²) in [5.74, 6) is 1.34. The lowest BCUT2D eigenvalue weighted by Crippen LogP contribution is -2.44. The van der Waals surface area contributed by atoms with Crippen LogP contribution in [0.4, 0.5) is 0 Å². The zero-order chi connectivity index (χ0) is 14.4. The van der Waals surface area contributed by atoms with E-state index in [0.717, 1.165) is 31.8 Å². The zero-order valence-corrected chi connectivity index (χ0v) is 12.3. The van der Waals surface area contributed by atoms with Crippen molar-refractivity contribution < 1.29 is 9.53 Å². The molecular formula is C16H24N2O2. The molecule has 0 bridgehead atoms. The van der Waals surface area contributed by atoms with Crippen molar-refractivity contribution in [1.29, 1.82) is 0 Å². The minimum Gasteiger partial charge on any atom is -0.484 e. The molecule has 1 N–H and O–H groups in total. The number of nitrogens with zero attached hydrogens (tertiary/aromatic N) is 1. The molecule has 0 saturated carbocycles. The van der Waals surface area contributed by atoms with Gasteiger partial charge in [0.25, 0.3) is 5.91 Å². The smallest absolute Gasteiger partial charge is 0.260 e. The Hall–Kier alpha value is -1.55. The maximum absolute atomic E-state index is 12.3. The van der Waals surface area contributed by atoms with Crippen LogP contribution in [-0.4, -0.2) is 43.1 Å². The molecule has 1 aliphatic heterocycles. The van der Waals surface area contributed by atoms with Crippen LogP contribution in [0.5, 0.6) is 5.75 Å². The Bertz CT molecular complexity index is 420. The van der Waals surface area contributed by atoms with Crippen molar-refractivity contribution in [3.63, 3.8) is 0 Å². The number of para-hydroxylation sites is 1. The van der Waals surface area contributed by atoms with Crippen LogP contribution in [0.1, 0.15) is 20.3 Å². The fourth-order valence-corrected chi connectivity index (χ4v) is 2.38. The quantitative estimate of drug-likeness (QED) is 0.913. The Balaban J connectivity index is 1.87. The lowest BCUT2D eigenvalue weighted by molar-refractivity contribution is -0.133. The molecule has 0 aliphatic carbocycles. The number of hydrogen-bond donors (Lipinski definition) is 1. The summed E-state index contributed by atoms with van der Waals surface area (Å²) in [7, 11) is 0. The molecule has 0 radical (unpaired) electrons. The molecule has 1 aromatic carbocycles. The lowest BCUT2D eigenvalue weighted by atomic mass is 10.0. The third kappa shape index (κ3) is 4.23. The van der Waals surface area contributed by atoms with Gasteiger partial charge in [0, 0.05) is 19.1 Å². The molecule has 4 heteroatoms. The fraction of sp³-hybridized carbons (Fsp3) is 0.562. The van der Waals surface area contributed by atoms with E-state index in [4.69, 9.17) is 4.74 Å². The van der Waals surface area contributed by atoms with Gasteiger partial charge in [0.2, 0.25) is 0 Å². The van der Waals surface area contributed by atoms with E-state index in [-0.39, 0.29) is 12.5 Å². The first kappa shape index (κ1) is 14.9. The van der Waals surface area contributed by atoms with E-state index >= 15 is 0 Å². The maximum atomic E-state index is 12.3. The van der Waals surface area contributed by atoms with Gasteiger partial charge in [-0.25, -0.2) is 0 Å². The minimum absolute atomic E-state index is 0.0724. The molecule has 0 spiro atoms. The van der Waals surface area contributed by atoms with Crippen molar-refractivity contribution in [1.82, 2.24) is 10.2 Å². The average Bonchev–Trinajstić information content (AvgIpc) is 2.72. The van der Waals surface area contributed by atoms with Gasteiger partial charge in [-0.15, -0.1) is 0 Å². The molecule has 1 heterocycles. The first-order chi connectivity index (χ1) is 9.66. The second kappa shape index (κ2) is 7.29. The summed E-state index contributed by atoms with van der Waals surface area (Å²) in [6.45, 7) is 7.06. The van der Waals surface area contributed by atoms with Crippen LogP contribution in [0.25, 0.3) is 0 Å². The second-order valence-corrected chi connectivity index (χ2v) is 5.60. The highest BCUT2D eigenvalue weighted by molar-refractivity contribution is 5.77. The second-order valence-electron chi connectivity index (χ2n) is 5.60. The Kier molecular flexibility index (Phi) is 5.41. The van der Waals surface area contributed by atoms with Gasteiger partial charge in [0.1, 0.15) is 5.75 Å². The third-order valence-electron chi connectivity index (χ3n) is 3.69. The molecule has 2 rings (SSSR count). The lowest BCUT2D eigenvalue weighted by Gasteiger charge is -2.26. The van der Waals surface area contributed by atoms with Crippen LogP contribution in [0.15, 0.2) is 30.3 Å². The van der Waals surface area contributed by atoms with Gasteiger partial charge in [-0.2, -0.15) is 0 Å². The van der Waals surface area contributed by atoms with Gasteiger partial charge in [-0.05, 0) is 31.0 Å². The average molecular weight is 276 g/mol. The van der Waals surface area contributed by atoms with Crippen LogP contribution in [-0.2, 0) is 4.79 Å². The van der Waals surface area contributed by atoms with E-state index in [1.54, 1.807) is 0 Å². The molecule has 1 unspecified atom stereocenters. The van der Waals surface area contributed by atoms with E-state index in [2.05, 4.69) is 19.2 Å². The van der Waals surface area contributed by atoms with Crippen molar-refractivity contribution in [2.24, 2.45) is 5.92 Å². The first-order valence-corrected chi connectivity index (χ1v) is 7.36. The molecule has 20 heavy (non-hydrogen) atoms. The minimum atomic E-state index is 0.0724. The molecule has 1 amide bonds. The predicted molar refractivity (Wildman–Crippen MR) is 79.8 cm³/mol. The highest BCUT2D eigenvalue weighted by Crippen LogP contribution is 2.11. The number of carbonyl (C=O) groups excluding carboxylic acids is 1. The van der Waals surface area contributed by atoms with E-state index in [9.17, 15) is 4.79 Å². The van der Waals surface area contributed by atoms with E-state index < -0.39 is 0 Å². The third-order valence-corrected chi connectivity index (χ3v) is 3.69. The van der Waals surface area contributed by atoms with Crippen LogP contribution in [0.2, 0.25) is 0 Å². The first-order valence-electron chi connectivity index (χ1n) is 7.36.